The molecule has 1 fully saturated rings. The number of hydrogen-bond acceptors (Lipinski definition) is 11. The van der Waals surface area contributed by atoms with Crippen molar-refractivity contribution in [3.05, 3.63) is 69.8 Å². The molecule has 0 spiro atoms. The topological polar surface area (TPSA) is 148 Å². The van der Waals surface area contributed by atoms with Crippen LogP contribution in [-0.4, -0.2) is 82.3 Å². The van der Waals surface area contributed by atoms with Crippen molar-refractivity contribution in [3.63, 3.8) is 0 Å². The Morgan fingerprint density at radius 3 is 2.76 bits per heavy atom. The van der Waals surface area contributed by atoms with Gasteiger partial charge in [-0.1, -0.05) is 12.1 Å². The predicted octanol–water partition coefficient (Wildman–Crippen LogP) is 2.20. The summed E-state index contributed by atoms with van der Waals surface area (Å²) in [6, 6.07) is 8.19. The maximum atomic E-state index is 11.0. The number of aliphatic hydroxyl groups excluding tert-OH is 2. The molecule has 0 aliphatic carbocycles. The number of benzene rings is 1. The van der Waals surface area contributed by atoms with E-state index >= 15 is 0 Å². The quantitative estimate of drug-likeness (QED) is 0.184. The summed E-state index contributed by atoms with van der Waals surface area (Å²) >= 11 is 2.29. The average Bonchev–Trinajstić information content (AvgIpc) is 3.75. The monoisotopic (exact) mass is 673 g/mol. The molecule has 0 radical (unpaired) electrons. The van der Waals surface area contributed by atoms with E-state index in [2.05, 4.69) is 49.3 Å². The van der Waals surface area contributed by atoms with E-state index in [1.165, 1.54) is 0 Å². The molecule has 1 saturated heterocycles. The first-order valence-corrected chi connectivity index (χ1v) is 14.6. The van der Waals surface area contributed by atoms with Crippen LogP contribution < -0.4 is 10.6 Å². The molecule has 216 valence electrons. The number of fused-ring (bicyclic) bond motifs is 1. The van der Waals surface area contributed by atoms with Crippen molar-refractivity contribution in [2.24, 2.45) is 7.05 Å². The molecule has 0 unspecified atom stereocenters. The third-order valence-electron chi connectivity index (χ3n) is 7.07. The number of imidazole rings is 2. The number of likely N-dealkylation sites (N-methyl/N-ethyl adjacent to an activating group) is 1. The van der Waals surface area contributed by atoms with Gasteiger partial charge in [0.05, 0.1) is 24.9 Å². The highest BCUT2D eigenvalue weighted by Gasteiger charge is 2.48. The summed E-state index contributed by atoms with van der Waals surface area (Å²) < 4.78 is 10.9. The molecule has 4 N–H and O–H groups in total. The molecule has 13 nitrogen and oxygen atoms in total. The summed E-state index contributed by atoms with van der Waals surface area (Å²) in [6.07, 6.45) is 3.68. The van der Waals surface area contributed by atoms with Gasteiger partial charge in [-0.2, -0.15) is 9.97 Å². The lowest BCUT2D eigenvalue weighted by atomic mass is 10.1. The minimum absolute atomic E-state index is 0.394. The van der Waals surface area contributed by atoms with Gasteiger partial charge in [0.25, 0.3) is 0 Å². The van der Waals surface area contributed by atoms with Crippen molar-refractivity contribution < 1.29 is 19.8 Å². The van der Waals surface area contributed by atoms with Crippen LogP contribution in [-0.2, 0) is 29.6 Å². The van der Waals surface area contributed by atoms with Crippen LogP contribution in [0.2, 0.25) is 0 Å². The van der Waals surface area contributed by atoms with Gasteiger partial charge in [0.1, 0.15) is 18.3 Å². The lowest BCUT2D eigenvalue weighted by molar-refractivity contribution is -0.123. The standard InChI is InChI=1S/C27H32IN9O4/c1-3-36-10-8-19(41-36)23-21(38)22(39)26(40-23)37-15-32-20-24(30-12-16-5-4-6-17(28)11-16)33-27(34-25(20)37)29-9-7-18-13-35(2)14-31-18/h4-6,8,11,13-15,21-23,26,38-39H,3,7,9-10,12H2,1-2H3,(H2,29,30,33,34)/t21-,22+,23+,26+/m0/s1. The molecule has 5 heterocycles. The van der Waals surface area contributed by atoms with Gasteiger partial charge >= 0.3 is 0 Å². The number of aryl methyl sites for hydroxylation is 1. The molecule has 41 heavy (non-hydrogen) atoms. The minimum atomic E-state index is -1.23. The Labute approximate surface area is 250 Å². The van der Waals surface area contributed by atoms with E-state index in [9.17, 15) is 10.2 Å². The fourth-order valence-electron chi connectivity index (χ4n) is 4.94. The van der Waals surface area contributed by atoms with Crippen LogP contribution in [0.5, 0.6) is 0 Å². The fraction of sp³-hybridized carbons (Fsp3) is 0.407. The van der Waals surface area contributed by atoms with Gasteiger partial charge in [0.15, 0.2) is 29.0 Å². The number of nitrogens with one attached hydrogen (secondary N) is 2. The minimum Gasteiger partial charge on any atom is -0.408 e. The van der Waals surface area contributed by atoms with E-state index in [0.29, 0.717) is 61.3 Å². The van der Waals surface area contributed by atoms with Crippen molar-refractivity contribution in [2.75, 3.05) is 30.3 Å². The number of aliphatic hydroxyl groups is 2. The number of ether oxygens (including phenoxy) is 1. The Kier molecular flexibility index (Phi) is 8.07. The van der Waals surface area contributed by atoms with Gasteiger partial charge in [0.2, 0.25) is 5.95 Å². The maximum absolute atomic E-state index is 11.0. The smallest absolute Gasteiger partial charge is 0.226 e. The average molecular weight is 674 g/mol. The van der Waals surface area contributed by atoms with Gasteiger partial charge < -0.3 is 35.0 Å². The van der Waals surface area contributed by atoms with Crippen molar-refractivity contribution in [3.8, 4) is 0 Å². The Morgan fingerprint density at radius 1 is 1.12 bits per heavy atom. The fourth-order valence-corrected chi connectivity index (χ4v) is 5.55. The Bertz CT molecular complexity index is 1560. The molecule has 0 amide bonds. The molecule has 3 aromatic heterocycles. The summed E-state index contributed by atoms with van der Waals surface area (Å²) in [7, 11) is 1.93. The van der Waals surface area contributed by atoms with Crippen molar-refractivity contribution in [2.45, 2.75) is 44.4 Å². The van der Waals surface area contributed by atoms with E-state index in [-0.39, 0.29) is 0 Å². The van der Waals surface area contributed by atoms with E-state index in [1.54, 1.807) is 22.3 Å². The van der Waals surface area contributed by atoms with Crippen LogP contribution in [0, 0.1) is 3.57 Å². The van der Waals surface area contributed by atoms with Gasteiger partial charge in [-0.05, 0) is 53.3 Å². The molecule has 6 rings (SSSR count). The first-order chi connectivity index (χ1) is 19.9. The van der Waals surface area contributed by atoms with Gasteiger partial charge in [-0.3, -0.25) is 4.57 Å². The number of hydrogen-bond donors (Lipinski definition) is 4. The Balaban J connectivity index is 1.28. The molecule has 2 aliphatic heterocycles. The number of anilines is 2. The van der Waals surface area contributed by atoms with Crippen LogP contribution in [0.4, 0.5) is 11.8 Å². The number of hydroxylamine groups is 2. The molecule has 2 aliphatic rings. The van der Waals surface area contributed by atoms with Crippen LogP contribution >= 0.6 is 22.6 Å². The lowest BCUT2D eigenvalue weighted by Gasteiger charge is -2.19. The Hall–Kier alpha value is -3.31. The highest BCUT2D eigenvalue weighted by molar-refractivity contribution is 14.1. The number of halogens is 1. The van der Waals surface area contributed by atoms with Gasteiger partial charge in [0, 0.05) is 42.9 Å². The SMILES string of the molecule is CCN1CC=C([C@H]2O[C@@H](n3cnc4c(NCc5cccc(I)c5)nc(NCCc5cn(C)cn5)nc43)[C@H](O)[C@@H]2O)O1. The lowest BCUT2D eigenvalue weighted by Crippen LogP contribution is -2.33. The van der Waals surface area contributed by atoms with E-state index in [0.717, 1.165) is 14.8 Å². The molecular weight excluding hydrogens is 641 g/mol. The Morgan fingerprint density at radius 2 is 2.00 bits per heavy atom. The third kappa shape index (κ3) is 5.88. The first kappa shape index (κ1) is 27.8. The number of aromatic nitrogens is 6. The molecular formula is C27H32IN9O4. The van der Waals surface area contributed by atoms with Crippen LogP contribution in [0.15, 0.2) is 55.0 Å². The largest absolute Gasteiger partial charge is 0.408 e. The summed E-state index contributed by atoms with van der Waals surface area (Å²) in [4.78, 5) is 24.2. The highest BCUT2D eigenvalue weighted by atomic mass is 127. The van der Waals surface area contributed by atoms with Crippen molar-refractivity contribution >= 4 is 45.5 Å². The zero-order valence-electron chi connectivity index (χ0n) is 22.7. The van der Waals surface area contributed by atoms with Crippen molar-refractivity contribution in [1.29, 1.82) is 0 Å². The van der Waals surface area contributed by atoms with Gasteiger partial charge in [-0.25, -0.2) is 9.97 Å². The second-order valence-electron chi connectivity index (χ2n) is 10.0. The van der Waals surface area contributed by atoms with Crippen LogP contribution in [0.1, 0.15) is 24.4 Å². The third-order valence-corrected chi connectivity index (χ3v) is 7.74. The second-order valence-corrected chi connectivity index (χ2v) is 11.3. The summed E-state index contributed by atoms with van der Waals surface area (Å²) in [5.74, 6) is 1.42. The van der Waals surface area contributed by atoms with E-state index in [1.807, 2.05) is 49.0 Å². The molecule has 0 bridgehead atoms. The van der Waals surface area contributed by atoms with Crippen LogP contribution in [0.25, 0.3) is 11.2 Å². The number of nitrogens with zero attached hydrogens (tertiary/aromatic N) is 7. The normalized spacial score (nSPS) is 22.7. The molecule has 4 aromatic rings. The molecule has 4 atom stereocenters. The predicted molar refractivity (Wildman–Crippen MR) is 160 cm³/mol. The number of rotatable bonds is 10. The molecule has 14 heteroatoms. The summed E-state index contributed by atoms with van der Waals surface area (Å²) in [6.45, 7) is 4.35. The first-order valence-electron chi connectivity index (χ1n) is 13.5. The highest BCUT2D eigenvalue weighted by Crippen LogP contribution is 2.37. The van der Waals surface area contributed by atoms with Gasteiger partial charge in [-0.15, -0.1) is 5.06 Å². The van der Waals surface area contributed by atoms with Crippen molar-refractivity contribution in [1.82, 2.24) is 34.1 Å². The summed E-state index contributed by atoms with van der Waals surface area (Å²) in [5, 5.41) is 30.3. The maximum Gasteiger partial charge on any atom is 0.226 e. The zero-order valence-corrected chi connectivity index (χ0v) is 24.8. The zero-order chi connectivity index (χ0) is 28.5. The summed E-state index contributed by atoms with van der Waals surface area (Å²) in [5.41, 5.74) is 3.03. The van der Waals surface area contributed by atoms with E-state index in [4.69, 9.17) is 19.5 Å². The van der Waals surface area contributed by atoms with E-state index < -0.39 is 24.5 Å². The molecule has 0 saturated carbocycles. The second kappa shape index (κ2) is 11.9. The molecule has 1 aromatic carbocycles. The van der Waals surface area contributed by atoms with Crippen LogP contribution in [0.3, 0.4) is 0 Å².